The lowest BCUT2D eigenvalue weighted by Crippen LogP contribution is -2.49. The minimum Gasteiger partial charge on any atom is -0.493 e. The van der Waals surface area contributed by atoms with E-state index in [-0.39, 0.29) is 24.4 Å². The van der Waals surface area contributed by atoms with Crippen molar-refractivity contribution in [1.82, 2.24) is 10.2 Å². The van der Waals surface area contributed by atoms with Gasteiger partial charge in [0.05, 0.1) is 37.9 Å². The van der Waals surface area contributed by atoms with Gasteiger partial charge in [0.2, 0.25) is 11.8 Å². The van der Waals surface area contributed by atoms with Crippen molar-refractivity contribution in [2.45, 2.75) is 51.9 Å². The number of nitrogens with two attached hydrogens (primary N) is 2. The zero-order valence-electron chi connectivity index (χ0n) is 26.7. The average Bonchev–Trinajstić information content (AvgIpc) is 3.02. The van der Waals surface area contributed by atoms with Crippen molar-refractivity contribution in [3.8, 4) is 11.5 Å². The maximum Gasteiger partial charge on any atom is 0.335 e. The fourth-order valence-corrected chi connectivity index (χ4v) is 5.21. The number of carbonyl (C=O) groups excluding carboxylic acids is 2. The SMILES string of the molecule is CNCC(N=C[C@H](C)N(Cc1ccc(OC)c(OC)c1)C(=O)[C@@H](N)Cc1c(C)cc(C(N)=O)cc1C)c1cccc(C(=O)O)c1. The number of methoxy groups -OCH3 is 2. The van der Waals surface area contributed by atoms with E-state index in [0.29, 0.717) is 23.6 Å². The van der Waals surface area contributed by atoms with Crippen molar-refractivity contribution in [3.63, 3.8) is 0 Å². The van der Waals surface area contributed by atoms with Crippen LogP contribution < -0.4 is 26.3 Å². The molecule has 0 heterocycles. The van der Waals surface area contributed by atoms with Gasteiger partial charge in [0, 0.05) is 24.9 Å². The number of primary amides is 1. The zero-order valence-corrected chi connectivity index (χ0v) is 26.7. The van der Waals surface area contributed by atoms with Gasteiger partial charge in [-0.15, -0.1) is 0 Å². The minimum atomic E-state index is -1.02. The van der Waals surface area contributed by atoms with Crippen molar-refractivity contribution < 1.29 is 29.0 Å². The van der Waals surface area contributed by atoms with Crippen LogP contribution >= 0.6 is 0 Å². The highest BCUT2D eigenvalue weighted by atomic mass is 16.5. The van der Waals surface area contributed by atoms with Crippen LogP contribution in [-0.4, -0.2) is 73.9 Å². The molecular formula is C34H43N5O6. The summed E-state index contributed by atoms with van der Waals surface area (Å²) in [7, 11) is 4.89. The van der Waals surface area contributed by atoms with Gasteiger partial charge in [-0.2, -0.15) is 0 Å². The molecule has 0 bridgehead atoms. The van der Waals surface area contributed by atoms with Crippen molar-refractivity contribution >= 4 is 24.0 Å². The summed E-state index contributed by atoms with van der Waals surface area (Å²) in [6, 6.07) is 13.7. The van der Waals surface area contributed by atoms with E-state index in [4.69, 9.17) is 25.9 Å². The van der Waals surface area contributed by atoms with Crippen molar-refractivity contribution in [1.29, 1.82) is 0 Å². The normalized spacial score (nSPS) is 13.2. The molecule has 45 heavy (non-hydrogen) atoms. The first-order chi connectivity index (χ1) is 21.4. The summed E-state index contributed by atoms with van der Waals surface area (Å²) in [5.41, 5.74) is 16.7. The number of carboxylic acids is 1. The van der Waals surface area contributed by atoms with Gasteiger partial charge in [0.1, 0.15) is 0 Å². The quantitative estimate of drug-likeness (QED) is 0.188. The van der Waals surface area contributed by atoms with E-state index in [0.717, 1.165) is 27.8 Å². The third kappa shape index (κ3) is 8.90. The fraction of sp³-hybridized carbons (Fsp3) is 0.353. The van der Waals surface area contributed by atoms with Crippen LogP contribution in [0.2, 0.25) is 0 Å². The molecule has 3 aromatic rings. The van der Waals surface area contributed by atoms with Crippen LogP contribution in [0.3, 0.4) is 0 Å². The molecule has 3 rings (SSSR count). The van der Waals surface area contributed by atoms with E-state index in [1.54, 1.807) is 62.7 Å². The van der Waals surface area contributed by atoms with Gasteiger partial charge in [-0.1, -0.05) is 18.2 Å². The highest BCUT2D eigenvalue weighted by Gasteiger charge is 2.27. The monoisotopic (exact) mass is 617 g/mol. The summed E-state index contributed by atoms with van der Waals surface area (Å²) in [6.07, 6.45) is 1.95. The Balaban J connectivity index is 1.96. The highest BCUT2D eigenvalue weighted by Crippen LogP contribution is 2.29. The van der Waals surface area contributed by atoms with Crippen LogP contribution in [0.4, 0.5) is 0 Å². The van der Waals surface area contributed by atoms with Gasteiger partial charge in [-0.25, -0.2) is 4.79 Å². The van der Waals surface area contributed by atoms with Gasteiger partial charge in [-0.05, 0) is 98.5 Å². The van der Waals surface area contributed by atoms with Crippen LogP contribution in [0.1, 0.15) is 61.5 Å². The van der Waals surface area contributed by atoms with Crippen LogP contribution in [0.5, 0.6) is 11.5 Å². The number of rotatable bonds is 15. The molecule has 0 aliphatic carbocycles. The Hall–Kier alpha value is -4.74. The highest BCUT2D eigenvalue weighted by molar-refractivity contribution is 5.93. The van der Waals surface area contributed by atoms with Crippen LogP contribution in [0.25, 0.3) is 0 Å². The summed E-state index contributed by atoms with van der Waals surface area (Å²) < 4.78 is 10.9. The molecule has 0 aromatic heterocycles. The van der Waals surface area contributed by atoms with E-state index in [1.165, 1.54) is 6.07 Å². The number of hydrogen-bond acceptors (Lipinski definition) is 8. The van der Waals surface area contributed by atoms with Gasteiger partial charge in [-0.3, -0.25) is 14.6 Å². The lowest BCUT2D eigenvalue weighted by Gasteiger charge is -2.30. The second kappa shape index (κ2) is 15.8. The topological polar surface area (TPSA) is 170 Å². The third-order valence-electron chi connectivity index (χ3n) is 7.69. The lowest BCUT2D eigenvalue weighted by atomic mass is 9.93. The molecule has 6 N–H and O–H groups in total. The fourth-order valence-electron chi connectivity index (χ4n) is 5.21. The van der Waals surface area contributed by atoms with Crippen molar-refractivity contribution in [2.24, 2.45) is 16.5 Å². The molecule has 0 fully saturated rings. The second-order valence-electron chi connectivity index (χ2n) is 11.0. The number of likely N-dealkylation sites (N-methyl/N-ethyl adjacent to an activating group) is 1. The molecule has 0 spiro atoms. The molecule has 2 amide bonds. The summed E-state index contributed by atoms with van der Waals surface area (Å²) in [4.78, 5) is 43.8. The first-order valence-electron chi connectivity index (χ1n) is 14.6. The number of nitrogens with zero attached hydrogens (tertiary/aromatic N) is 2. The van der Waals surface area contributed by atoms with E-state index >= 15 is 0 Å². The van der Waals surface area contributed by atoms with Crippen molar-refractivity contribution in [3.05, 3.63) is 93.5 Å². The van der Waals surface area contributed by atoms with Gasteiger partial charge >= 0.3 is 5.97 Å². The summed E-state index contributed by atoms with van der Waals surface area (Å²) >= 11 is 0. The molecule has 0 aliphatic rings. The number of benzene rings is 3. The smallest absolute Gasteiger partial charge is 0.335 e. The molecule has 0 saturated carbocycles. The number of aromatic carboxylic acids is 1. The van der Waals surface area contributed by atoms with E-state index in [2.05, 4.69) is 5.32 Å². The summed E-state index contributed by atoms with van der Waals surface area (Å²) in [5.74, 6) is -0.739. The predicted octanol–water partition coefficient (Wildman–Crippen LogP) is 3.44. The number of ether oxygens (including phenoxy) is 2. The third-order valence-corrected chi connectivity index (χ3v) is 7.69. The Labute approximate surface area is 264 Å². The molecule has 3 atom stereocenters. The van der Waals surface area contributed by atoms with Gasteiger partial charge < -0.3 is 36.3 Å². The maximum atomic E-state index is 14.1. The molecule has 1 unspecified atom stereocenters. The average molecular weight is 618 g/mol. The van der Waals surface area contributed by atoms with Crippen LogP contribution in [-0.2, 0) is 17.8 Å². The molecule has 11 heteroatoms. The number of amides is 2. The van der Waals surface area contributed by atoms with Gasteiger partial charge in [0.25, 0.3) is 0 Å². The molecule has 3 aromatic carbocycles. The number of aliphatic imine (C=N–C) groups is 1. The minimum absolute atomic E-state index is 0.169. The summed E-state index contributed by atoms with van der Waals surface area (Å²) in [6.45, 7) is 6.25. The number of nitrogens with one attached hydrogen (secondary N) is 1. The number of carbonyl (C=O) groups is 3. The van der Waals surface area contributed by atoms with Gasteiger partial charge in [0.15, 0.2) is 11.5 Å². The Bertz CT molecular complexity index is 1530. The van der Waals surface area contributed by atoms with E-state index < -0.39 is 30.0 Å². The lowest BCUT2D eigenvalue weighted by molar-refractivity contribution is -0.134. The second-order valence-corrected chi connectivity index (χ2v) is 11.0. The zero-order chi connectivity index (χ0) is 33.3. The molecule has 11 nitrogen and oxygen atoms in total. The first-order valence-corrected chi connectivity index (χ1v) is 14.6. The first kappa shape index (κ1) is 34.7. The Kier molecular flexibility index (Phi) is 12.2. The number of aryl methyl sites for hydroxylation is 2. The standard InChI is InChI=1S/C34H43N5O6/c1-20-12-26(32(36)40)13-21(2)27(20)16-28(35)33(41)39(19-23-10-11-30(44-5)31(14-23)45-6)22(3)17-38-29(18-37-4)24-8-7-9-25(15-24)34(42)43/h7-15,17,22,28-29,37H,16,18-19,35H2,1-6H3,(H2,36,40)(H,42,43)/t22-,28-,29?/m0/s1. The predicted molar refractivity (Wildman–Crippen MR) is 174 cm³/mol. The molecule has 0 saturated heterocycles. The Morgan fingerprint density at radius 1 is 1.00 bits per heavy atom. The molecule has 240 valence electrons. The van der Waals surface area contributed by atoms with E-state index in [9.17, 15) is 19.5 Å². The number of hydrogen-bond donors (Lipinski definition) is 4. The summed E-state index contributed by atoms with van der Waals surface area (Å²) in [5, 5.41) is 12.6. The molecule has 0 aliphatic heterocycles. The molecule has 0 radical (unpaired) electrons. The maximum absolute atomic E-state index is 14.1. The van der Waals surface area contributed by atoms with E-state index in [1.807, 2.05) is 39.0 Å². The Morgan fingerprint density at radius 3 is 2.24 bits per heavy atom. The van der Waals surface area contributed by atoms with Crippen LogP contribution in [0.15, 0.2) is 59.6 Å². The number of carboxylic acid groups (broad SMARTS) is 1. The largest absolute Gasteiger partial charge is 0.493 e. The molecular weight excluding hydrogens is 574 g/mol. The van der Waals surface area contributed by atoms with Crippen LogP contribution in [0, 0.1) is 13.8 Å². The van der Waals surface area contributed by atoms with Crippen molar-refractivity contribution in [2.75, 3.05) is 27.8 Å². The Morgan fingerprint density at radius 2 is 1.67 bits per heavy atom.